The van der Waals surface area contributed by atoms with E-state index in [4.69, 9.17) is 4.74 Å². The first kappa shape index (κ1) is 17.4. The van der Waals surface area contributed by atoms with Crippen LogP contribution in [0.5, 0.6) is 0 Å². The van der Waals surface area contributed by atoms with Crippen LogP contribution in [0.3, 0.4) is 0 Å². The minimum atomic E-state index is -0.525. The maximum absolute atomic E-state index is 11.6. The predicted molar refractivity (Wildman–Crippen MR) is 74.3 cm³/mol. The summed E-state index contributed by atoms with van der Waals surface area (Å²) in [7, 11) is 0. The number of ether oxygens (including phenoxy) is 1. The number of rotatable bonds is 8. The van der Waals surface area contributed by atoms with Gasteiger partial charge in [-0.3, -0.25) is 4.79 Å². The number of carbonyl (C=O) groups excluding carboxylic acids is 1. The molecule has 108 valence electrons. The molecular formula is C15H30O3. The van der Waals surface area contributed by atoms with E-state index in [1.54, 1.807) is 0 Å². The Hall–Kier alpha value is -0.570. The fourth-order valence-corrected chi connectivity index (χ4v) is 1.88. The van der Waals surface area contributed by atoms with Gasteiger partial charge in [-0.25, -0.2) is 0 Å². The van der Waals surface area contributed by atoms with Gasteiger partial charge in [0, 0.05) is 0 Å². The van der Waals surface area contributed by atoms with E-state index < -0.39 is 11.5 Å². The van der Waals surface area contributed by atoms with E-state index in [0.29, 0.717) is 0 Å². The van der Waals surface area contributed by atoms with Crippen molar-refractivity contribution in [1.29, 1.82) is 0 Å². The van der Waals surface area contributed by atoms with E-state index in [0.717, 1.165) is 32.1 Å². The molecule has 0 spiro atoms. The van der Waals surface area contributed by atoms with Crippen molar-refractivity contribution < 1.29 is 14.6 Å². The lowest BCUT2D eigenvalue weighted by Crippen LogP contribution is -2.31. The van der Waals surface area contributed by atoms with Crippen molar-refractivity contribution in [3.05, 3.63) is 0 Å². The predicted octanol–water partition coefficient (Wildman–Crippen LogP) is 3.54. The highest BCUT2D eigenvalue weighted by atomic mass is 16.5. The molecule has 0 unspecified atom stereocenters. The van der Waals surface area contributed by atoms with Gasteiger partial charge in [0.05, 0.1) is 11.5 Å². The second-order valence-corrected chi connectivity index (χ2v) is 6.11. The molecule has 0 heterocycles. The largest absolute Gasteiger partial charge is 0.463 e. The number of esters is 1. The summed E-state index contributed by atoms with van der Waals surface area (Å²) in [6.07, 6.45) is 4.79. The molecule has 0 saturated heterocycles. The lowest BCUT2D eigenvalue weighted by molar-refractivity contribution is -0.157. The maximum Gasteiger partial charge on any atom is 0.311 e. The van der Waals surface area contributed by atoms with E-state index in [2.05, 4.69) is 13.8 Å². The zero-order chi connectivity index (χ0) is 14.2. The first-order valence-corrected chi connectivity index (χ1v) is 7.18. The Labute approximate surface area is 112 Å². The van der Waals surface area contributed by atoms with Gasteiger partial charge in [0.15, 0.2) is 0 Å². The number of unbranched alkanes of at least 4 members (excludes halogenated alkanes) is 1. The summed E-state index contributed by atoms with van der Waals surface area (Å²) in [5, 5.41) is 10.1. The highest BCUT2D eigenvalue weighted by Gasteiger charge is 2.25. The van der Waals surface area contributed by atoms with Gasteiger partial charge in [-0.05, 0) is 39.5 Å². The van der Waals surface area contributed by atoms with Gasteiger partial charge < -0.3 is 9.84 Å². The Morgan fingerprint density at radius 1 is 1.17 bits per heavy atom. The van der Waals surface area contributed by atoms with E-state index in [1.165, 1.54) is 0 Å². The van der Waals surface area contributed by atoms with Gasteiger partial charge in [-0.15, -0.1) is 0 Å². The Morgan fingerprint density at radius 2 is 1.78 bits per heavy atom. The third-order valence-corrected chi connectivity index (χ3v) is 3.13. The van der Waals surface area contributed by atoms with Gasteiger partial charge in [0.25, 0.3) is 0 Å². The zero-order valence-electron chi connectivity index (χ0n) is 12.7. The number of hydrogen-bond donors (Lipinski definition) is 1. The lowest BCUT2D eigenvalue weighted by Gasteiger charge is -2.24. The van der Waals surface area contributed by atoms with Gasteiger partial charge in [0.1, 0.15) is 6.61 Å². The van der Waals surface area contributed by atoms with Crippen LogP contribution in [0.4, 0.5) is 0 Å². The molecule has 1 N–H and O–H groups in total. The van der Waals surface area contributed by atoms with Crippen LogP contribution in [0.1, 0.15) is 66.7 Å². The molecule has 2 atom stereocenters. The standard InChI is InChI=1S/C15H30O3/c1-6-8-10-12(9-7-2)13(16)11-18-14(17)15(3,4)5/h12-13,16H,6-11H2,1-5H3/t12-,13-/m1/s1. The molecule has 0 amide bonds. The van der Waals surface area contributed by atoms with Gasteiger partial charge >= 0.3 is 5.97 Å². The number of aliphatic hydroxyl groups is 1. The molecule has 18 heavy (non-hydrogen) atoms. The SMILES string of the molecule is CCCC[C@@H](CCC)[C@H](O)COC(=O)C(C)(C)C. The molecule has 0 aliphatic rings. The normalized spacial score (nSPS) is 15.2. The summed E-state index contributed by atoms with van der Waals surface area (Å²) in [6, 6.07) is 0. The first-order chi connectivity index (χ1) is 8.32. The molecule has 0 aliphatic carbocycles. The Bertz CT molecular complexity index is 230. The minimum absolute atomic E-state index is 0.129. The number of carbonyl (C=O) groups is 1. The molecular weight excluding hydrogens is 228 g/mol. The summed E-state index contributed by atoms with van der Waals surface area (Å²) in [4.78, 5) is 11.6. The summed E-state index contributed by atoms with van der Waals surface area (Å²) in [5.41, 5.74) is -0.497. The average molecular weight is 258 g/mol. The lowest BCUT2D eigenvalue weighted by atomic mass is 9.92. The van der Waals surface area contributed by atoms with E-state index in [1.807, 2.05) is 20.8 Å². The van der Waals surface area contributed by atoms with Crippen LogP contribution in [0.2, 0.25) is 0 Å². The minimum Gasteiger partial charge on any atom is -0.463 e. The van der Waals surface area contributed by atoms with E-state index >= 15 is 0 Å². The molecule has 0 radical (unpaired) electrons. The molecule has 0 aromatic rings. The van der Waals surface area contributed by atoms with E-state index in [9.17, 15) is 9.90 Å². The Balaban J connectivity index is 4.16. The van der Waals surface area contributed by atoms with Crippen LogP contribution in [0.15, 0.2) is 0 Å². The van der Waals surface area contributed by atoms with Crippen LogP contribution < -0.4 is 0 Å². The average Bonchev–Trinajstić information content (AvgIpc) is 2.29. The third kappa shape index (κ3) is 7.00. The second kappa shape index (κ2) is 8.52. The van der Waals surface area contributed by atoms with Crippen LogP contribution in [0.25, 0.3) is 0 Å². The van der Waals surface area contributed by atoms with E-state index in [-0.39, 0.29) is 18.5 Å². The molecule has 0 aromatic carbocycles. The highest BCUT2D eigenvalue weighted by molar-refractivity contribution is 5.75. The molecule has 3 nitrogen and oxygen atoms in total. The van der Waals surface area contributed by atoms with Crippen molar-refractivity contribution in [2.24, 2.45) is 11.3 Å². The third-order valence-electron chi connectivity index (χ3n) is 3.13. The van der Waals surface area contributed by atoms with Gasteiger partial charge in [0.2, 0.25) is 0 Å². The van der Waals surface area contributed by atoms with Crippen LogP contribution >= 0.6 is 0 Å². The van der Waals surface area contributed by atoms with Crippen LogP contribution in [-0.2, 0) is 9.53 Å². The molecule has 0 rings (SSSR count). The smallest absolute Gasteiger partial charge is 0.311 e. The van der Waals surface area contributed by atoms with Crippen LogP contribution in [0, 0.1) is 11.3 Å². The molecule has 3 heteroatoms. The summed E-state index contributed by atoms with van der Waals surface area (Å²) in [5.74, 6) is 0.00927. The second-order valence-electron chi connectivity index (χ2n) is 6.11. The van der Waals surface area contributed by atoms with Gasteiger partial charge in [-0.2, -0.15) is 0 Å². The quantitative estimate of drug-likeness (QED) is 0.677. The van der Waals surface area contributed by atoms with Gasteiger partial charge in [-0.1, -0.05) is 33.1 Å². The van der Waals surface area contributed by atoms with Crippen molar-refractivity contribution in [3.8, 4) is 0 Å². The molecule has 0 aromatic heterocycles. The monoisotopic (exact) mass is 258 g/mol. The summed E-state index contributed by atoms with van der Waals surface area (Å²) < 4.78 is 5.19. The fourth-order valence-electron chi connectivity index (χ4n) is 1.88. The van der Waals surface area contributed by atoms with Crippen molar-refractivity contribution in [3.63, 3.8) is 0 Å². The van der Waals surface area contributed by atoms with Crippen molar-refractivity contribution in [2.75, 3.05) is 6.61 Å². The highest BCUT2D eigenvalue weighted by Crippen LogP contribution is 2.21. The Kier molecular flexibility index (Phi) is 8.25. The van der Waals surface area contributed by atoms with Crippen LogP contribution in [-0.4, -0.2) is 23.8 Å². The number of aliphatic hydroxyl groups excluding tert-OH is 1. The maximum atomic E-state index is 11.6. The molecule has 0 saturated carbocycles. The van der Waals surface area contributed by atoms with Crippen molar-refractivity contribution in [1.82, 2.24) is 0 Å². The molecule has 0 bridgehead atoms. The molecule has 0 aliphatic heterocycles. The first-order valence-electron chi connectivity index (χ1n) is 7.18. The summed E-state index contributed by atoms with van der Waals surface area (Å²) in [6.45, 7) is 9.86. The fraction of sp³-hybridized carbons (Fsp3) is 0.933. The zero-order valence-corrected chi connectivity index (χ0v) is 12.7. The number of hydrogen-bond acceptors (Lipinski definition) is 3. The topological polar surface area (TPSA) is 46.5 Å². The summed E-state index contributed by atoms with van der Waals surface area (Å²) >= 11 is 0. The molecule has 0 fully saturated rings. The Morgan fingerprint density at radius 3 is 2.22 bits per heavy atom. The van der Waals surface area contributed by atoms with Crippen molar-refractivity contribution >= 4 is 5.97 Å². The van der Waals surface area contributed by atoms with Crippen molar-refractivity contribution in [2.45, 2.75) is 72.8 Å².